The first-order chi connectivity index (χ1) is 12.7. The topological polar surface area (TPSA) is 44.8 Å². The molecule has 4 rings (SSSR count). The lowest BCUT2D eigenvalue weighted by atomic mass is 10.0. The molecule has 2 heterocycles. The van der Waals surface area contributed by atoms with Crippen LogP contribution in [0.15, 0.2) is 48.5 Å². The number of nitrogens with zero attached hydrogens (tertiary/aromatic N) is 2. The molecule has 0 aromatic heterocycles. The fourth-order valence-electron chi connectivity index (χ4n) is 3.96. The first-order valence-corrected chi connectivity index (χ1v) is 9.27. The molecule has 26 heavy (non-hydrogen) atoms. The van der Waals surface area contributed by atoms with E-state index >= 15 is 0 Å². The Morgan fingerprint density at radius 3 is 2.73 bits per heavy atom. The fourth-order valence-corrected chi connectivity index (χ4v) is 3.96. The summed E-state index contributed by atoms with van der Waals surface area (Å²) in [6, 6.07) is 16.4. The second kappa shape index (κ2) is 7.38. The Balaban J connectivity index is 1.45. The molecule has 5 nitrogen and oxygen atoms in total. The summed E-state index contributed by atoms with van der Waals surface area (Å²) < 4.78 is 5.30. The van der Waals surface area contributed by atoms with E-state index in [9.17, 15) is 4.79 Å². The van der Waals surface area contributed by atoms with Crippen molar-refractivity contribution in [3.05, 3.63) is 48.5 Å². The standard InChI is InChI=1S/C21H25N3O2/c1-26-20-9-3-6-17(14-20)16-5-2-7-18(13-16)22-21(25)24-12-11-23-10-4-8-19(23)15-24/h2-3,5-7,9,13-14,19H,4,8,10-12,15H2,1H3,(H,22,25)/t19-/m0/s1. The van der Waals surface area contributed by atoms with E-state index in [2.05, 4.69) is 10.2 Å². The molecule has 2 aliphatic rings. The zero-order valence-electron chi connectivity index (χ0n) is 15.1. The second-order valence-corrected chi connectivity index (χ2v) is 7.02. The van der Waals surface area contributed by atoms with E-state index < -0.39 is 0 Å². The number of hydrogen-bond donors (Lipinski definition) is 1. The Bertz CT molecular complexity index is 792. The third-order valence-electron chi connectivity index (χ3n) is 5.39. The number of anilines is 1. The van der Waals surface area contributed by atoms with E-state index in [0.717, 1.165) is 42.2 Å². The molecular weight excluding hydrogens is 326 g/mol. The van der Waals surface area contributed by atoms with Gasteiger partial charge in [0.05, 0.1) is 7.11 Å². The van der Waals surface area contributed by atoms with E-state index in [-0.39, 0.29) is 6.03 Å². The van der Waals surface area contributed by atoms with Crippen LogP contribution < -0.4 is 10.1 Å². The fraction of sp³-hybridized carbons (Fsp3) is 0.381. The third-order valence-corrected chi connectivity index (χ3v) is 5.39. The van der Waals surface area contributed by atoms with Crippen molar-refractivity contribution in [3.8, 4) is 16.9 Å². The van der Waals surface area contributed by atoms with Crippen LogP contribution in [-0.4, -0.2) is 55.2 Å². The summed E-state index contributed by atoms with van der Waals surface area (Å²) in [5.74, 6) is 0.825. The van der Waals surface area contributed by atoms with Crippen molar-refractivity contribution in [1.82, 2.24) is 9.80 Å². The van der Waals surface area contributed by atoms with E-state index in [4.69, 9.17) is 4.74 Å². The van der Waals surface area contributed by atoms with Crippen LogP contribution in [0, 0.1) is 0 Å². The molecule has 2 saturated heterocycles. The minimum absolute atomic E-state index is 0.000609. The average molecular weight is 351 g/mol. The van der Waals surface area contributed by atoms with Crippen LogP contribution in [0.5, 0.6) is 5.75 Å². The lowest BCUT2D eigenvalue weighted by molar-refractivity contribution is 0.124. The smallest absolute Gasteiger partial charge is 0.321 e. The van der Waals surface area contributed by atoms with Crippen molar-refractivity contribution in [2.45, 2.75) is 18.9 Å². The van der Waals surface area contributed by atoms with Gasteiger partial charge in [-0.05, 0) is 54.8 Å². The number of fused-ring (bicyclic) bond motifs is 1. The van der Waals surface area contributed by atoms with Gasteiger partial charge in [0, 0.05) is 31.4 Å². The maximum atomic E-state index is 12.7. The van der Waals surface area contributed by atoms with Gasteiger partial charge < -0.3 is 15.0 Å². The van der Waals surface area contributed by atoms with Gasteiger partial charge in [0.2, 0.25) is 0 Å². The molecule has 5 heteroatoms. The molecule has 2 aliphatic heterocycles. The highest BCUT2D eigenvalue weighted by Crippen LogP contribution is 2.26. The highest BCUT2D eigenvalue weighted by molar-refractivity contribution is 5.90. The normalized spacial score (nSPS) is 19.9. The Labute approximate surface area is 154 Å². The van der Waals surface area contributed by atoms with Gasteiger partial charge in [-0.1, -0.05) is 24.3 Å². The number of carbonyl (C=O) groups excluding carboxylic acids is 1. The molecule has 1 atom stereocenters. The van der Waals surface area contributed by atoms with Gasteiger partial charge in [-0.3, -0.25) is 4.90 Å². The van der Waals surface area contributed by atoms with Crippen molar-refractivity contribution >= 4 is 11.7 Å². The SMILES string of the molecule is COc1cccc(-c2cccc(NC(=O)N3CCN4CCC[C@H]4C3)c2)c1. The summed E-state index contributed by atoms with van der Waals surface area (Å²) in [5.41, 5.74) is 2.95. The van der Waals surface area contributed by atoms with Crippen molar-refractivity contribution in [3.63, 3.8) is 0 Å². The number of carbonyl (C=O) groups is 1. The highest BCUT2D eigenvalue weighted by atomic mass is 16.5. The molecular formula is C21H25N3O2. The Morgan fingerprint density at radius 2 is 1.88 bits per heavy atom. The van der Waals surface area contributed by atoms with Gasteiger partial charge >= 0.3 is 6.03 Å². The quantitative estimate of drug-likeness (QED) is 0.918. The average Bonchev–Trinajstić information content (AvgIpc) is 3.16. The Kier molecular flexibility index (Phi) is 4.80. The van der Waals surface area contributed by atoms with E-state index in [1.807, 2.05) is 53.4 Å². The largest absolute Gasteiger partial charge is 0.497 e. The van der Waals surface area contributed by atoms with Crippen LogP contribution in [0.1, 0.15) is 12.8 Å². The predicted molar refractivity (Wildman–Crippen MR) is 104 cm³/mol. The van der Waals surface area contributed by atoms with Crippen LogP contribution >= 0.6 is 0 Å². The molecule has 0 spiro atoms. The number of benzene rings is 2. The van der Waals surface area contributed by atoms with E-state index in [1.165, 1.54) is 19.4 Å². The van der Waals surface area contributed by atoms with Crippen LogP contribution in [0.4, 0.5) is 10.5 Å². The number of hydrogen-bond acceptors (Lipinski definition) is 3. The van der Waals surface area contributed by atoms with Crippen LogP contribution in [-0.2, 0) is 0 Å². The Morgan fingerprint density at radius 1 is 1.08 bits per heavy atom. The summed E-state index contributed by atoms with van der Waals surface area (Å²) in [6.45, 7) is 3.81. The first kappa shape index (κ1) is 16.9. The maximum Gasteiger partial charge on any atom is 0.321 e. The molecule has 0 aliphatic carbocycles. The first-order valence-electron chi connectivity index (χ1n) is 9.27. The van der Waals surface area contributed by atoms with Crippen LogP contribution in [0.25, 0.3) is 11.1 Å². The third kappa shape index (κ3) is 3.53. The van der Waals surface area contributed by atoms with Gasteiger partial charge in [0.15, 0.2) is 0 Å². The zero-order valence-corrected chi connectivity index (χ0v) is 15.1. The molecule has 2 amide bonds. The second-order valence-electron chi connectivity index (χ2n) is 7.02. The summed E-state index contributed by atoms with van der Waals surface area (Å²) in [5, 5.41) is 3.07. The van der Waals surface area contributed by atoms with Crippen LogP contribution in [0.3, 0.4) is 0 Å². The van der Waals surface area contributed by atoms with Crippen molar-refractivity contribution < 1.29 is 9.53 Å². The molecule has 2 aromatic carbocycles. The number of nitrogens with one attached hydrogen (secondary N) is 1. The number of urea groups is 1. The molecule has 0 radical (unpaired) electrons. The number of piperazine rings is 1. The molecule has 0 saturated carbocycles. The van der Waals surface area contributed by atoms with Crippen molar-refractivity contribution in [1.29, 1.82) is 0 Å². The molecule has 0 bridgehead atoms. The molecule has 136 valence electrons. The summed E-state index contributed by atoms with van der Waals surface area (Å²) >= 11 is 0. The molecule has 2 aromatic rings. The minimum Gasteiger partial charge on any atom is -0.497 e. The monoisotopic (exact) mass is 351 g/mol. The molecule has 2 fully saturated rings. The maximum absolute atomic E-state index is 12.7. The van der Waals surface area contributed by atoms with Crippen LogP contribution in [0.2, 0.25) is 0 Å². The molecule has 0 unspecified atom stereocenters. The number of ether oxygens (including phenoxy) is 1. The number of rotatable bonds is 3. The van der Waals surface area contributed by atoms with Gasteiger partial charge in [-0.2, -0.15) is 0 Å². The summed E-state index contributed by atoms with van der Waals surface area (Å²) in [4.78, 5) is 17.1. The minimum atomic E-state index is -0.000609. The highest BCUT2D eigenvalue weighted by Gasteiger charge is 2.32. The lowest BCUT2D eigenvalue weighted by Gasteiger charge is -2.37. The van der Waals surface area contributed by atoms with Gasteiger partial charge in [-0.15, -0.1) is 0 Å². The van der Waals surface area contributed by atoms with Gasteiger partial charge in [0.25, 0.3) is 0 Å². The lowest BCUT2D eigenvalue weighted by Crippen LogP contribution is -2.53. The number of amides is 2. The van der Waals surface area contributed by atoms with E-state index in [1.54, 1.807) is 7.11 Å². The van der Waals surface area contributed by atoms with Crippen molar-refractivity contribution in [2.75, 3.05) is 38.6 Å². The number of methoxy groups -OCH3 is 1. The van der Waals surface area contributed by atoms with Gasteiger partial charge in [0.1, 0.15) is 5.75 Å². The zero-order chi connectivity index (χ0) is 17.9. The summed E-state index contributed by atoms with van der Waals surface area (Å²) in [7, 11) is 1.67. The Hall–Kier alpha value is -2.53. The summed E-state index contributed by atoms with van der Waals surface area (Å²) in [6.07, 6.45) is 2.46. The van der Waals surface area contributed by atoms with E-state index in [0.29, 0.717) is 6.04 Å². The van der Waals surface area contributed by atoms with Crippen molar-refractivity contribution in [2.24, 2.45) is 0 Å². The predicted octanol–water partition coefficient (Wildman–Crippen LogP) is 3.67. The van der Waals surface area contributed by atoms with Gasteiger partial charge in [-0.25, -0.2) is 4.79 Å². The molecule has 1 N–H and O–H groups in total.